The van der Waals surface area contributed by atoms with E-state index in [9.17, 15) is 4.79 Å². The summed E-state index contributed by atoms with van der Waals surface area (Å²) in [6.45, 7) is 7.51. The van der Waals surface area contributed by atoms with Gasteiger partial charge in [-0.1, -0.05) is 18.2 Å². The van der Waals surface area contributed by atoms with Gasteiger partial charge in [0.05, 0.1) is 26.4 Å². The first-order valence-electron chi connectivity index (χ1n) is 10.4. The summed E-state index contributed by atoms with van der Waals surface area (Å²) in [4.78, 5) is 14.9. The minimum Gasteiger partial charge on any atom is -0.493 e. The van der Waals surface area contributed by atoms with E-state index in [1.165, 1.54) is 5.56 Å². The molecule has 1 heterocycles. The standard InChI is InChI=1S/C24H32N2O4/c1-17-14-26(15-18(2)30-17)16-20-5-8-21(9-6-20)24(27)25-12-11-19-7-10-22(28-3)23(13-19)29-4/h5-10,13,17-18H,11-12,14-16H2,1-4H3,(H,25,27)/t17-,18-/m0/s1. The summed E-state index contributed by atoms with van der Waals surface area (Å²) in [5, 5.41) is 2.99. The number of methoxy groups -OCH3 is 2. The summed E-state index contributed by atoms with van der Waals surface area (Å²) in [7, 11) is 3.23. The van der Waals surface area contributed by atoms with Crippen LogP contribution in [0.3, 0.4) is 0 Å². The zero-order chi connectivity index (χ0) is 21.5. The molecule has 0 radical (unpaired) electrons. The van der Waals surface area contributed by atoms with E-state index in [2.05, 4.69) is 24.1 Å². The van der Waals surface area contributed by atoms with Crippen LogP contribution < -0.4 is 14.8 Å². The maximum atomic E-state index is 12.5. The topological polar surface area (TPSA) is 60.0 Å². The smallest absolute Gasteiger partial charge is 0.251 e. The van der Waals surface area contributed by atoms with E-state index < -0.39 is 0 Å². The van der Waals surface area contributed by atoms with Gasteiger partial charge in [0.2, 0.25) is 0 Å². The van der Waals surface area contributed by atoms with Crippen molar-refractivity contribution in [2.24, 2.45) is 0 Å². The highest BCUT2D eigenvalue weighted by molar-refractivity contribution is 5.94. The summed E-state index contributed by atoms with van der Waals surface area (Å²) in [5.41, 5.74) is 2.96. The first-order valence-corrected chi connectivity index (χ1v) is 10.4. The molecule has 3 rings (SSSR count). The van der Waals surface area contributed by atoms with Crippen molar-refractivity contribution in [2.45, 2.75) is 39.0 Å². The van der Waals surface area contributed by atoms with Crippen molar-refractivity contribution in [1.82, 2.24) is 10.2 Å². The predicted octanol–water partition coefficient (Wildman–Crippen LogP) is 3.29. The molecule has 1 aliphatic rings. The molecule has 1 aliphatic heterocycles. The second-order valence-corrected chi connectivity index (χ2v) is 7.84. The first-order chi connectivity index (χ1) is 14.5. The molecular formula is C24H32N2O4. The summed E-state index contributed by atoms with van der Waals surface area (Å²) >= 11 is 0. The van der Waals surface area contributed by atoms with Crippen molar-refractivity contribution in [3.8, 4) is 11.5 Å². The third kappa shape index (κ3) is 5.97. The fraction of sp³-hybridized carbons (Fsp3) is 0.458. The molecular weight excluding hydrogens is 380 g/mol. The number of rotatable bonds is 8. The number of hydrogen-bond donors (Lipinski definition) is 1. The van der Waals surface area contributed by atoms with Crippen LogP contribution in [-0.2, 0) is 17.7 Å². The van der Waals surface area contributed by atoms with Gasteiger partial charge in [0.25, 0.3) is 5.91 Å². The largest absolute Gasteiger partial charge is 0.493 e. The molecule has 2 aromatic carbocycles. The van der Waals surface area contributed by atoms with Crippen LogP contribution in [0, 0.1) is 0 Å². The van der Waals surface area contributed by atoms with Gasteiger partial charge in [0, 0.05) is 31.7 Å². The van der Waals surface area contributed by atoms with E-state index in [4.69, 9.17) is 14.2 Å². The molecule has 0 bridgehead atoms. The Morgan fingerprint density at radius 2 is 1.63 bits per heavy atom. The highest BCUT2D eigenvalue weighted by Gasteiger charge is 2.22. The fourth-order valence-corrected chi connectivity index (χ4v) is 3.89. The molecule has 1 N–H and O–H groups in total. The van der Waals surface area contributed by atoms with E-state index >= 15 is 0 Å². The molecule has 2 aromatic rings. The molecule has 0 aromatic heterocycles. The normalized spacial score (nSPS) is 19.3. The van der Waals surface area contributed by atoms with Crippen molar-refractivity contribution in [1.29, 1.82) is 0 Å². The average Bonchev–Trinajstić information content (AvgIpc) is 2.73. The molecule has 6 nitrogen and oxygen atoms in total. The molecule has 162 valence electrons. The molecule has 0 unspecified atom stereocenters. The molecule has 0 aliphatic carbocycles. The Hall–Kier alpha value is -2.57. The Bertz CT molecular complexity index is 828. The number of benzene rings is 2. The van der Waals surface area contributed by atoms with Gasteiger partial charge in [0.15, 0.2) is 11.5 Å². The second kappa shape index (κ2) is 10.5. The Kier molecular flexibility index (Phi) is 7.71. The Balaban J connectivity index is 1.49. The lowest BCUT2D eigenvalue weighted by Crippen LogP contribution is -2.44. The van der Waals surface area contributed by atoms with Crippen molar-refractivity contribution in [2.75, 3.05) is 33.9 Å². The quantitative estimate of drug-likeness (QED) is 0.721. The van der Waals surface area contributed by atoms with Gasteiger partial charge in [-0.25, -0.2) is 0 Å². The van der Waals surface area contributed by atoms with Gasteiger partial charge >= 0.3 is 0 Å². The van der Waals surface area contributed by atoms with Gasteiger partial charge in [-0.2, -0.15) is 0 Å². The van der Waals surface area contributed by atoms with E-state index in [1.807, 2.05) is 42.5 Å². The molecule has 30 heavy (non-hydrogen) atoms. The zero-order valence-electron chi connectivity index (χ0n) is 18.3. The van der Waals surface area contributed by atoms with Crippen LogP contribution in [0.1, 0.15) is 35.3 Å². The number of amides is 1. The Morgan fingerprint density at radius 3 is 2.27 bits per heavy atom. The number of hydrogen-bond acceptors (Lipinski definition) is 5. The van der Waals surface area contributed by atoms with Crippen LogP contribution in [0.5, 0.6) is 11.5 Å². The summed E-state index contributed by atoms with van der Waals surface area (Å²) in [6.07, 6.45) is 1.23. The Morgan fingerprint density at radius 1 is 1.00 bits per heavy atom. The highest BCUT2D eigenvalue weighted by atomic mass is 16.5. The van der Waals surface area contributed by atoms with Crippen molar-refractivity contribution >= 4 is 5.91 Å². The molecule has 1 fully saturated rings. The maximum Gasteiger partial charge on any atom is 0.251 e. The van der Waals surface area contributed by atoms with Crippen LogP contribution in [0.2, 0.25) is 0 Å². The lowest BCUT2D eigenvalue weighted by atomic mass is 10.1. The van der Waals surface area contributed by atoms with Gasteiger partial charge in [0.1, 0.15) is 0 Å². The number of morpholine rings is 1. The fourth-order valence-electron chi connectivity index (χ4n) is 3.89. The molecule has 0 spiro atoms. The lowest BCUT2D eigenvalue weighted by molar-refractivity contribution is -0.0704. The molecule has 2 atom stereocenters. The lowest BCUT2D eigenvalue weighted by Gasteiger charge is -2.35. The van der Waals surface area contributed by atoms with Crippen LogP contribution in [0.15, 0.2) is 42.5 Å². The van der Waals surface area contributed by atoms with E-state index in [-0.39, 0.29) is 18.1 Å². The molecule has 1 saturated heterocycles. The zero-order valence-corrected chi connectivity index (χ0v) is 18.3. The average molecular weight is 413 g/mol. The number of carbonyl (C=O) groups is 1. The number of carbonyl (C=O) groups excluding carboxylic acids is 1. The van der Waals surface area contributed by atoms with E-state index in [1.54, 1.807) is 14.2 Å². The van der Waals surface area contributed by atoms with Gasteiger partial charge in [-0.05, 0) is 55.7 Å². The minimum absolute atomic E-state index is 0.0596. The van der Waals surface area contributed by atoms with Gasteiger partial charge < -0.3 is 19.5 Å². The number of nitrogens with one attached hydrogen (secondary N) is 1. The van der Waals surface area contributed by atoms with E-state index in [0.29, 0.717) is 23.6 Å². The highest BCUT2D eigenvalue weighted by Crippen LogP contribution is 2.27. The van der Waals surface area contributed by atoms with Crippen LogP contribution in [-0.4, -0.2) is 56.9 Å². The van der Waals surface area contributed by atoms with Crippen molar-refractivity contribution in [3.63, 3.8) is 0 Å². The summed E-state index contributed by atoms with van der Waals surface area (Å²) in [6, 6.07) is 13.7. The third-order valence-corrected chi connectivity index (χ3v) is 5.26. The summed E-state index contributed by atoms with van der Waals surface area (Å²) in [5.74, 6) is 1.34. The predicted molar refractivity (Wildman–Crippen MR) is 117 cm³/mol. The van der Waals surface area contributed by atoms with Crippen LogP contribution in [0.4, 0.5) is 0 Å². The van der Waals surface area contributed by atoms with Gasteiger partial charge in [-0.3, -0.25) is 9.69 Å². The van der Waals surface area contributed by atoms with Crippen LogP contribution >= 0.6 is 0 Å². The third-order valence-electron chi connectivity index (χ3n) is 5.26. The first kappa shape index (κ1) is 22.1. The van der Waals surface area contributed by atoms with Crippen LogP contribution in [0.25, 0.3) is 0 Å². The van der Waals surface area contributed by atoms with Crippen molar-refractivity contribution < 1.29 is 19.0 Å². The molecule has 6 heteroatoms. The van der Waals surface area contributed by atoms with Crippen molar-refractivity contribution in [3.05, 3.63) is 59.2 Å². The number of nitrogens with zero attached hydrogens (tertiary/aromatic N) is 1. The Labute approximate surface area is 179 Å². The number of ether oxygens (including phenoxy) is 3. The maximum absolute atomic E-state index is 12.5. The minimum atomic E-state index is -0.0596. The SMILES string of the molecule is COc1ccc(CCNC(=O)c2ccc(CN3C[C@H](C)O[C@@H](C)C3)cc2)cc1OC. The summed E-state index contributed by atoms with van der Waals surface area (Å²) < 4.78 is 16.4. The second-order valence-electron chi connectivity index (χ2n) is 7.84. The molecule has 1 amide bonds. The molecule has 0 saturated carbocycles. The monoisotopic (exact) mass is 412 g/mol. The van der Waals surface area contributed by atoms with Gasteiger partial charge in [-0.15, -0.1) is 0 Å². The van der Waals surface area contributed by atoms with E-state index in [0.717, 1.165) is 31.6 Å².